The third kappa shape index (κ3) is 2.45. The summed E-state index contributed by atoms with van der Waals surface area (Å²) < 4.78 is 0. The molecular weight excluding hydrogens is 322 g/mol. The van der Waals surface area contributed by atoms with Crippen molar-refractivity contribution in [3.63, 3.8) is 0 Å². The van der Waals surface area contributed by atoms with Gasteiger partial charge >= 0.3 is 0 Å². The van der Waals surface area contributed by atoms with Crippen LogP contribution in [0.5, 0.6) is 0 Å². The summed E-state index contributed by atoms with van der Waals surface area (Å²) in [5.74, 6) is 0.791. The molecule has 4 aromatic rings. The van der Waals surface area contributed by atoms with Crippen LogP contribution in [0.1, 0.15) is 4.88 Å². The van der Waals surface area contributed by atoms with Crippen LogP contribution in [0.4, 0.5) is 0 Å². The van der Waals surface area contributed by atoms with Crippen molar-refractivity contribution in [1.82, 2.24) is 25.1 Å². The van der Waals surface area contributed by atoms with Gasteiger partial charge in [-0.1, -0.05) is 6.07 Å². The molecule has 4 aromatic heterocycles. The van der Waals surface area contributed by atoms with Gasteiger partial charge in [-0.25, -0.2) is 15.0 Å². The highest BCUT2D eigenvalue weighted by Gasteiger charge is 2.12. The molecule has 0 aliphatic heterocycles. The lowest BCUT2D eigenvalue weighted by atomic mass is 10.4. The quantitative estimate of drug-likeness (QED) is 0.575. The summed E-state index contributed by atoms with van der Waals surface area (Å²) in [4.78, 5) is 16.5. The maximum atomic E-state index is 4.51. The number of nitrogens with one attached hydrogen (secondary N) is 1. The zero-order valence-corrected chi connectivity index (χ0v) is 13.3. The minimum Gasteiger partial charge on any atom is -0.257 e. The van der Waals surface area contributed by atoms with Crippen LogP contribution >= 0.6 is 34.4 Å². The first-order chi connectivity index (χ1) is 10.3. The van der Waals surface area contributed by atoms with Crippen molar-refractivity contribution in [1.29, 1.82) is 0 Å². The molecule has 0 bridgehead atoms. The number of hydrogen-bond acceptors (Lipinski definition) is 7. The van der Waals surface area contributed by atoms with Crippen molar-refractivity contribution in [3.05, 3.63) is 34.8 Å². The highest BCUT2D eigenvalue weighted by Crippen LogP contribution is 2.33. The molecule has 0 aromatic carbocycles. The molecule has 104 valence electrons. The van der Waals surface area contributed by atoms with Crippen molar-refractivity contribution in [2.75, 3.05) is 0 Å². The monoisotopic (exact) mass is 331 g/mol. The molecule has 1 N–H and O–H groups in total. The number of rotatable bonds is 3. The largest absolute Gasteiger partial charge is 0.257 e. The van der Waals surface area contributed by atoms with Gasteiger partial charge in [0.25, 0.3) is 0 Å². The topological polar surface area (TPSA) is 67.3 Å². The Labute approximate surface area is 132 Å². The Balaban J connectivity index is 1.69. The zero-order chi connectivity index (χ0) is 14.2. The van der Waals surface area contributed by atoms with Crippen LogP contribution in [0.2, 0.25) is 0 Å². The number of hydrogen-bond donors (Lipinski definition) is 1. The predicted molar refractivity (Wildman–Crippen MR) is 86.0 cm³/mol. The Hall–Kier alpha value is -1.77. The highest BCUT2D eigenvalue weighted by molar-refractivity contribution is 7.99. The summed E-state index contributed by atoms with van der Waals surface area (Å²) in [5, 5.41) is 11.9. The fraction of sp³-hybridized carbons (Fsp3) is 0.0769. The van der Waals surface area contributed by atoms with Gasteiger partial charge in [0.15, 0.2) is 5.82 Å². The van der Waals surface area contributed by atoms with Gasteiger partial charge in [-0.3, -0.25) is 5.10 Å². The van der Waals surface area contributed by atoms with E-state index in [1.807, 2.05) is 17.5 Å². The Bertz CT molecular complexity index is 894. The van der Waals surface area contributed by atoms with E-state index in [1.54, 1.807) is 29.0 Å². The molecule has 0 aliphatic carbocycles. The van der Waals surface area contributed by atoms with Crippen LogP contribution in [0.25, 0.3) is 20.9 Å². The highest BCUT2D eigenvalue weighted by atomic mass is 32.2. The summed E-state index contributed by atoms with van der Waals surface area (Å²) in [6.07, 6.45) is 1.59. The van der Waals surface area contributed by atoms with E-state index >= 15 is 0 Å². The van der Waals surface area contributed by atoms with Gasteiger partial charge in [0.05, 0.1) is 4.88 Å². The van der Waals surface area contributed by atoms with Crippen LogP contribution in [-0.4, -0.2) is 25.1 Å². The first-order valence-electron chi connectivity index (χ1n) is 6.15. The summed E-state index contributed by atoms with van der Waals surface area (Å²) in [6.45, 7) is 2.07. The van der Waals surface area contributed by atoms with Crippen LogP contribution in [0, 0.1) is 6.92 Å². The first kappa shape index (κ1) is 12.9. The van der Waals surface area contributed by atoms with Crippen LogP contribution in [0.15, 0.2) is 40.1 Å². The number of aromatic nitrogens is 5. The molecule has 5 nitrogen and oxygen atoms in total. The van der Waals surface area contributed by atoms with Gasteiger partial charge < -0.3 is 0 Å². The molecule has 0 saturated heterocycles. The molecule has 0 spiro atoms. The zero-order valence-electron chi connectivity index (χ0n) is 10.9. The van der Waals surface area contributed by atoms with Gasteiger partial charge in [-0.2, -0.15) is 0 Å². The smallest absolute Gasteiger partial charge is 0.215 e. The number of fused-ring (bicyclic) bond motifs is 1. The molecule has 0 fully saturated rings. The number of H-pyrrole nitrogens is 1. The molecule has 4 heterocycles. The van der Waals surface area contributed by atoms with E-state index in [-0.39, 0.29) is 0 Å². The van der Waals surface area contributed by atoms with E-state index in [4.69, 9.17) is 0 Å². The summed E-state index contributed by atoms with van der Waals surface area (Å²) in [7, 11) is 0. The summed E-state index contributed by atoms with van der Waals surface area (Å²) in [5.41, 5.74) is 0. The van der Waals surface area contributed by atoms with Crippen molar-refractivity contribution in [3.8, 4) is 10.7 Å². The minimum atomic E-state index is 0.669. The van der Waals surface area contributed by atoms with Crippen LogP contribution in [-0.2, 0) is 0 Å². The van der Waals surface area contributed by atoms with Crippen molar-refractivity contribution < 1.29 is 0 Å². The third-order valence-corrected chi connectivity index (χ3v) is 5.54. The predicted octanol–water partition coefficient (Wildman–Crippen LogP) is 4.00. The fourth-order valence-corrected chi connectivity index (χ4v) is 4.28. The molecule has 4 rings (SSSR count). The van der Waals surface area contributed by atoms with E-state index in [0.717, 1.165) is 25.9 Å². The number of thiophene rings is 2. The molecule has 21 heavy (non-hydrogen) atoms. The van der Waals surface area contributed by atoms with Gasteiger partial charge in [-0.05, 0) is 36.2 Å². The summed E-state index contributed by atoms with van der Waals surface area (Å²) in [6, 6.07) is 6.12. The minimum absolute atomic E-state index is 0.669. The van der Waals surface area contributed by atoms with E-state index in [2.05, 4.69) is 38.1 Å². The number of aryl methyl sites for hydroxylation is 1. The fourth-order valence-electron chi connectivity index (χ4n) is 1.94. The van der Waals surface area contributed by atoms with Gasteiger partial charge in [0.1, 0.15) is 16.2 Å². The second-order valence-electron chi connectivity index (χ2n) is 4.30. The third-order valence-electron chi connectivity index (χ3n) is 2.82. The molecule has 0 atom stereocenters. The van der Waals surface area contributed by atoms with E-state index in [0.29, 0.717) is 5.16 Å². The molecule has 0 aliphatic rings. The maximum absolute atomic E-state index is 4.51. The Morgan fingerprint density at radius 2 is 2.24 bits per heavy atom. The van der Waals surface area contributed by atoms with Crippen molar-refractivity contribution in [2.45, 2.75) is 17.1 Å². The average Bonchev–Trinajstić information content (AvgIpc) is 3.16. The molecule has 8 heteroatoms. The lowest BCUT2D eigenvalue weighted by Crippen LogP contribution is -1.84. The molecule has 0 saturated carbocycles. The summed E-state index contributed by atoms with van der Waals surface area (Å²) >= 11 is 4.76. The second kappa shape index (κ2) is 5.21. The molecule has 0 unspecified atom stereocenters. The van der Waals surface area contributed by atoms with E-state index in [9.17, 15) is 0 Å². The number of nitrogens with zero attached hydrogens (tertiary/aromatic N) is 4. The SMILES string of the molecule is Cc1cc2c(Sc3n[nH]c(-c4cccs4)n3)ncnc2s1. The van der Waals surface area contributed by atoms with Gasteiger partial charge in [0.2, 0.25) is 5.16 Å². The molecule has 0 amide bonds. The second-order valence-corrected chi connectivity index (χ2v) is 7.44. The first-order valence-corrected chi connectivity index (χ1v) is 8.66. The average molecular weight is 331 g/mol. The van der Waals surface area contributed by atoms with E-state index in [1.165, 1.54) is 16.6 Å². The maximum Gasteiger partial charge on any atom is 0.215 e. The normalized spacial score (nSPS) is 11.3. The van der Waals surface area contributed by atoms with Gasteiger partial charge in [0, 0.05) is 10.3 Å². The van der Waals surface area contributed by atoms with E-state index < -0.39 is 0 Å². The molecule has 0 radical (unpaired) electrons. The molecular formula is C13H9N5S3. The lowest BCUT2D eigenvalue weighted by Gasteiger charge is -1.96. The standard InChI is InChI=1S/C13H9N5S3/c1-7-5-8-11(20-7)14-6-15-12(8)21-13-16-10(17-18-13)9-3-2-4-19-9/h2-6H,1H3,(H,16,17,18). The Morgan fingerprint density at radius 3 is 3.10 bits per heavy atom. The van der Waals surface area contributed by atoms with Crippen LogP contribution < -0.4 is 0 Å². The number of aromatic amines is 1. The Kier molecular flexibility index (Phi) is 3.21. The van der Waals surface area contributed by atoms with Crippen molar-refractivity contribution in [2.24, 2.45) is 0 Å². The van der Waals surface area contributed by atoms with Crippen LogP contribution in [0.3, 0.4) is 0 Å². The van der Waals surface area contributed by atoms with Gasteiger partial charge in [-0.15, -0.1) is 27.8 Å². The lowest BCUT2D eigenvalue weighted by molar-refractivity contribution is 0.968. The Morgan fingerprint density at radius 1 is 1.29 bits per heavy atom. The van der Waals surface area contributed by atoms with Crippen molar-refractivity contribution >= 4 is 44.7 Å².